The molecule has 0 bridgehead atoms. The highest BCUT2D eigenvalue weighted by Gasteiger charge is 2.46. The summed E-state index contributed by atoms with van der Waals surface area (Å²) < 4.78 is 1.75. The summed E-state index contributed by atoms with van der Waals surface area (Å²) in [6, 6.07) is 12.9. The van der Waals surface area contributed by atoms with Crippen molar-refractivity contribution in [3.8, 4) is 0 Å². The molecule has 0 radical (unpaired) electrons. The van der Waals surface area contributed by atoms with Crippen molar-refractivity contribution in [1.29, 1.82) is 0 Å². The Labute approximate surface area is 200 Å². The second kappa shape index (κ2) is 9.43. The van der Waals surface area contributed by atoms with E-state index in [9.17, 15) is 14.7 Å². The van der Waals surface area contributed by atoms with Crippen LogP contribution in [0.25, 0.3) is 11.4 Å². The smallest absolute Gasteiger partial charge is 0.295 e. The van der Waals surface area contributed by atoms with Crippen molar-refractivity contribution in [3.05, 3.63) is 76.7 Å². The number of fused-ring (bicyclic) bond motifs is 1. The number of likely N-dealkylation sites (tertiary alicyclic amines) is 1. The lowest BCUT2D eigenvalue weighted by Gasteiger charge is -2.26. The molecule has 1 aromatic carbocycles. The molecule has 1 N–H and O–H groups in total. The Morgan fingerprint density at radius 1 is 1.12 bits per heavy atom. The molecule has 0 aliphatic carbocycles. The van der Waals surface area contributed by atoms with Gasteiger partial charge < -0.3 is 14.9 Å². The molecule has 3 aromatic rings. The summed E-state index contributed by atoms with van der Waals surface area (Å²) in [5.74, 6) is -1.07. The predicted molar refractivity (Wildman–Crippen MR) is 133 cm³/mol. The standard InChI is InChI=1S/C27H32N4O3/c1-17(2)19-10-12-20(13-11-19)24-22(26(33)27(34)31(24)16-8-14-29(4)5)25(32)23-18(3)28-21-9-6-7-15-30(21)23/h6-7,9-13,15,17,24,32H,8,14,16H2,1-5H3/b25-22+/t24-/m0/s1. The number of Topliss-reactive ketones (excluding diaryl/α,β-unsaturated/α-hetero) is 1. The number of aryl methyl sites for hydroxylation is 1. The van der Waals surface area contributed by atoms with Crippen LogP contribution in [0, 0.1) is 6.92 Å². The Morgan fingerprint density at radius 2 is 1.82 bits per heavy atom. The lowest BCUT2D eigenvalue weighted by molar-refractivity contribution is -0.139. The SMILES string of the molecule is Cc1nc2ccccn2c1/C(O)=C1\C(=O)C(=O)N(CCCN(C)C)[C@H]1c1ccc(C(C)C)cc1. The fraction of sp³-hybridized carbons (Fsp3) is 0.370. The number of carbonyl (C=O) groups excluding carboxylic acids is 2. The zero-order valence-electron chi connectivity index (χ0n) is 20.4. The minimum absolute atomic E-state index is 0.112. The van der Waals surface area contributed by atoms with Gasteiger partial charge in [0.1, 0.15) is 11.3 Å². The molecular formula is C27H32N4O3. The molecule has 2 aromatic heterocycles. The average Bonchev–Trinajstić information content (AvgIpc) is 3.27. The molecule has 3 heterocycles. The molecule has 0 saturated carbocycles. The number of hydrogen-bond donors (Lipinski definition) is 1. The van der Waals surface area contributed by atoms with Gasteiger partial charge in [-0.15, -0.1) is 0 Å². The largest absolute Gasteiger partial charge is 0.505 e. The van der Waals surface area contributed by atoms with Gasteiger partial charge in [0.25, 0.3) is 11.7 Å². The second-order valence-electron chi connectivity index (χ2n) is 9.45. The first kappa shape index (κ1) is 23.7. The maximum absolute atomic E-state index is 13.3. The molecule has 178 valence electrons. The highest BCUT2D eigenvalue weighted by Crippen LogP contribution is 2.40. The lowest BCUT2D eigenvalue weighted by atomic mass is 9.93. The number of amides is 1. The molecule has 1 saturated heterocycles. The summed E-state index contributed by atoms with van der Waals surface area (Å²) >= 11 is 0. The normalized spacial score (nSPS) is 18.1. The third-order valence-electron chi connectivity index (χ3n) is 6.39. The van der Waals surface area contributed by atoms with Crippen LogP contribution < -0.4 is 0 Å². The molecule has 1 fully saturated rings. The summed E-state index contributed by atoms with van der Waals surface area (Å²) in [5.41, 5.74) is 3.79. The highest BCUT2D eigenvalue weighted by atomic mass is 16.3. The summed E-state index contributed by atoms with van der Waals surface area (Å²) in [4.78, 5) is 34.6. The first-order valence-electron chi connectivity index (χ1n) is 11.7. The second-order valence-corrected chi connectivity index (χ2v) is 9.45. The Hall–Kier alpha value is -3.45. The number of benzene rings is 1. The number of carbonyl (C=O) groups is 2. The monoisotopic (exact) mass is 460 g/mol. The van der Waals surface area contributed by atoms with Crippen LogP contribution in [-0.4, -0.2) is 63.2 Å². The fourth-order valence-electron chi connectivity index (χ4n) is 4.60. The Morgan fingerprint density at radius 3 is 2.47 bits per heavy atom. The number of rotatable bonds is 7. The summed E-state index contributed by atoms with van der Waals surface area (Å²) in [5, 5.41) is 11.5. The zero-order chi connectivity index (χ0) is 24.6. The molecule has 4 rings (SSSR count). The number of pyridine rings is 1. The van der Waals surface area contributed by atoms with Gasteiger partial charge in [0.15, 0.2) is 5.76 Å². The third kappa shape index (κ3) is 4.23. The first-order chi connectivity index (χ1) is 16.2. The van der Waals surface area contributed by atoms with Gasteiger partial charge in [-0.25, -0.2) is 4.98 Å². The molecule has 1 aliphatic rings. The van der Waals surface area contributed by atoms with Crippen LogP contribution in [0.3, 0.4) is 0 Å². The van der Waals surface area contributed by atoms with Gasteiger partial charge in [-0.2, -0.15) is 0 Å². The van der Waals surface area contributed by atoms with Crippen LogP contribution in [0.1, 0.15) is 54.7 Å². The van der Waals surface area contributed by atoms with E-state index < -0.39 is 17.7 Å². The Bertz CT molecular complexity index is 1250. The zero-order valence-corrected chi connectivity index (χ0v) is 20.4. The topological polar surface area (TPSA) is 78.1 Å². The van der Waals surface area contributed by atoms with Gasteiger partial charge in [-0.1, -0.05) is 44.2 Å². The van der Waals surface area contributed by atoms with E-state index in [-0.39, 0.29) is 11.3 Å². The first-order valence-corrected chi connectivity index (χ1v) is 11.7. The van der Waals surface area contributed by atoms with Crippen LogP contribution in [0.2, 0.25) is 0 Å². The van der Waals surface area contributed by atoms with E-state index in [0.29, 0.717) is 29.5 Å². The minimum atomic E-state index is -0.662. The van der Waals surface area contributed by atoms with E-state index in [4.69, 9.17) is 0 Å². The van der Waals surface area contributed by atoms with E-state index in [1.165, 1.54) is 5.56 Å². The van der Waals surface area contributed by atoms with Crippen molar-refractivity contribution in [3.63, 3.8) is 0 Å². The average molecular weight is 461 g/mol. The van der Waals surface area contributed by atoms with Crippen molar-refractivity contribution in [2.24, 2.45) is 0 Å². The van der Waals surface area contributed by atoms with Crippen LogP contribution in [0.4, 0.5) is 0 Å². The maximum Gasteiger partial charge on any atom is 0.295 e. The molecule has 7 nitrogen and oxygen atoms in total. The number of aliphatic hydroxyl groups is 1. The molecule has 7 heteroatoms. The van der Waals surface area contributed by atoms with E-state index in [1.807, 2.05) is 61.5 Å². The molecule has 1 aliphatic heterocycles. The van der Waals surface area contributed by atoms with Gasteiger partial charge >= 0.3 is 0 Å². The van der Waals surface area contributed by atoms with Crippen molar-refractivity contribution in [2.75, 3.05) is 27.2 Å². The van der Waals surface area contributed by atoms with E-state index in [1.54, 1.807) is 22.4 Å². The van der Waals surface area contributed by atoms with Crippen molar-refractivity contribution >= 4 is 23.1 Å². The number of aliphatic hydroxyl groups excluding tert-OH is 1. The van der Waals surface area contributed by atoms with Crippen molar-refractivity contribution in [2.45, 2.75) is 39.2 Å². The lowest BCUT2D eigenvalue weighted by Crippen LogP contribution is -2.32. The maximum atomic E-state index is 13.3. The number of ketones is 1. The van der Waals surface area contributed by atoms with E-state index >= 15 is 0 Å². The van der Waals surface area contributed by atoms with Crippen LogP contribution in [0.5, 0.6) is 0 Å². The summed E-state index contributed by atoms with van der Waals surface area (Å²) in [7, 11) is 3.95. The van der Waals surface area contributed by atoms with Gasteiger partial charge in [0, 0.05) is 12.7 Å². The number of hydrogen-bond acceptors (Lipinski definition) is 5. The summed E-state index contributed by atoms with van der Waals surface area (Å²) in [6.45, 7) is 7.24. The van der Waals surface area contributed by atoms with Gasteiger partial charge in [-0.3, -0.25) is 14.0 Å². The number of aromatic nitrogens is 2. The fourth-order valence-corrected chi connectivity index (χ4v) is 4.60. The quantitative estimate of drug-likeness (QED) is 0.326. The van der Waals surface area contributed by atoms with Gasteiger partial charge in [0.05, 0.1) is 17.3 Å². The molecule has 0 unspecified atom stereocenters. The highest BCUT2D eigenvalue weighted by molar-refractivity contribution is 6.46. The predicted octanol–water partition coefficient (Wildman–Crippen LogP) is 4.14. The van der Waals surface area contributed by atoms with Crippen LogP contribution >= 0.6 is 0 Å². The van der Waals surface area contributed by atoms with E-state index in [0.717, 1.165) is 18.5 Å². The van der Waals surface area contributed by atoms with E-state index in [2.05, 4.69) is 18.8 Å². The van der Waals surface area contributed by atoms with Gasteiger partial charge in [0.2, 0.25) is 0 Å². The molecule has 1 amide bonds. The minimum Gasteiger partial charge on any atom is -0.505 e. The Balaban J connectivity index is 1.86. The number of nitrogens with zero attached hydrogens (tertiary/aromatic N) is 4. The third-order valence-corrected chi connectivity index (χ3v) is 6.39. The molecular weight excluding hydrogens is 428 g/mol. The van der Waals surface area contributed by atoms with Gasteiger partial charge in [-0.05, 0) is 63.2 Å². The van der Waals surface area contributed by atoms with Crippen LogP contribution in [0.15, 0.2) is 54.2 Å². The molecule has 0 spiro atoms. The molecule has 1 atom stereocenters. The number of imidazole rings is 1. The summed E-state index contributed by atoms with van der Waals surface area (Å²) in [6.07, 6.45) is 2.51. The van der Waals surface area contributed by atoms with Crippen LogP contribution in [-0.2, 0) is 9.59 Å². The molecule has 34 heavy (non-hydrogen) atoms. The Kier molecular flexibility index (Phi) is 6.57. The van der Waals surface area contributed by atoms with Crippen molar-refractivity contribution < 1.29 is 14.7 Å². The van der Waals surface area contributed by atoms with Crippen molar-refractivity contribution in [1.82, 2.24) is 19.2 Å².